The van der Waals surface area contributed by atoms with Crippen LogP contribution in [0.5, 0.6) is 0 Å². The summed E-state index contributed by atoms with van der Waals surface area (Å²) in [6.07, 6.45) is 9.62. The van der Waals surface area contributed by atoms with E-state index < -0.39 is 5.60 Å². The zero-order valence-corrected chi connectivity index (χ0v) is 11.3. The van der Waals surface area contributed by atoms with Gasteiger partial charge in [-0.2, -0.15) is 0 Å². The predicted octanol–water partition coefficient (Wildman–Crippen LogP) is 2.62. The van der Waals surface area contributed by atoms with Crippen LogP contribution < -0.4 is 5.32 Å². The molecule has 1 rings (SSSR count). The molecule has 17 heavy (non-hydrogen) atoms. The molecular formula is C14H27NO2. The molecule has 3 heteroatoms. The SMILES string of the molecule is CC(C)(O)CNC(=O)CCCC1CCCCC1. The summed E-state index contributed by atoms with van der Waals surface area (Å²) in [5, 5.41) is 12.3. The number of carbonyl (C=O) groups excluding carboxylic acids is 1. The first-order valence-electron chi connectivity index (χ1n) is 6.96. The van der Waals surface area contributed by atoms with E-state index >= 15 is 0 Å². The summed E-state index contributed by atoms with van der Waals surface area (Å²) in [5.74, 6) is 0.925. The fourth-order valence-corrected chi connectivity index (χ4v) is 2.43. The van der Waals surface area contributed by atoms with E-state index in [1.165, 1.54) is 38.5 Å². The van der Waals surface area contributed by atoms with Crippen LogP contribution in [0.15, 0.2) is 0 Å². The Morgan fingerprint density at radius 1 is 1.29 bits per heavy atom. The van der Waals surface area contributed by atoms with Gasteiger partial charge in [0.05, 0.1) is 5.60 Å². The lowest BCUT2D eigenvalue weighted by Gasteiger charge is -2.21. The van der Waals surface area contributed by atoms with Crippen molar-refractivity contribution in [2.24, 2.45) is 5.92 Å². The maximum absolute atomic E-state index is 11.5. The van der Waals surface area contributed by atoms with E-state index in [2.05, 4.69) is 5.32 Å². The van der Waals surface area contributed by atoms with Gasteiger partial charge >= 0.3 is 0 Å². The highest BCUT2D eigenvalue weighted by atomic mass is 16.3. The van der Waals surface area contributed by atoms with E-state index in [-0.39, 0.29) is 5.91 Å². The molecule has 1 aliphatic rings. The van der Waals surface area contributed by atoms with Gasteiger partial charge in [0, 0.05) is 13.0 Å². The van der Waals surface area contributed by atoms with Crippen molar-refractivity contribution in [1.82, 2.24) is 5.32 Å². The minimum atomic E-state index is -0.807. The van der Waals surface area contributed by atoms with Gasteiger partial charge in [-0.25, -0.2) is 0 Å². The van der Waals surface area contributed by atoms with Crippen LogP contribution in [-0.2, 0) is 4.79 Å². The molecule has 100 valence electrons. The van der Waals surface area contributed by atoms with Crippen LogP contribution in [0.3, 0.4) is 0 Å². The van der Waals surface area contributed by atoms with Crippen LogP contribution in [0, 0.1) is 5.92 Å². The van der Waals surface area contributed by atoms with Crippen molar-refractivity contribution in [1.29, 1.82) is 0 Å². The summed E-state index contributed by atoms with van der Waals surface area (Å²) >= 11 is 0. The Morgan fingerprint density at radius 2 is 1.94 bits per heavy atom. The predicted molar refractivity (Wildman–Crippen MR) is 69.7 cm³/mol. The molecule has 1 amide bonds. The van der Waals surface area contributed by atoms with Gasteiger partial charge in [-0.1, -0.05) is 32.1 Å². The first kappa shape index (κ1) is 14.5. The molecule has 0 aliphatic heterocycles. The van der Waals surface area contributed by atoms with E-state index in [1.807, 2.05) is 0 Å². The molecule has 0 aromatic rings. The molecule has 0 heterocycles. The number of amides is 1. The molecule has 1 aliphatic carbocycles. The van der Waals surface area contributed by atoms with Crippen LogP contribution in [0.25, 0.3) is 0 Å². The Hall–Kier alpha value is -0.570. The molecule has 0 unspecified atom stereocenters. The Labute approximate surface area is 105 Å². The number of hydrogen-bond donors (Lipinski definition) is 2. The standard InChI is InChI=1S/C14H27NO2/c1-14(2,17)11-15-13(16)10-6-9-12-7-4-3-5-8-12/h12,17H,3-11H2,1-2H3,(H,15,16). The zero-order valence-electron chi connectivity index (χ0n) is 11.3. The van der Waals surface area contributed by atoms with E-state index in [0.717, 1.165) is 12.3 Å². The molecule has 1 saturated carbocycles. The maximum atomic E-state index is 11.5. The highest BCUT2D eigenvalue weighted by molar-refractivity contribution is 5.75. The number of carbonyl (C=O) groups is 1. The summed E-state index contributed by atoms with van der Waals surface area (Å²) in [6.45, 7) is 3.75. The van der Waals surface area contributed by atoms with E-state index in [0.29, 0.717) is 13.0 Å². The average molecular weight is 241 g/mol. The van der Waals surface area contributed by atoms with E-state index in [4.69, 9.17) is 0 Å². The molecule has 0 bridgehead atoms. The van der Waals surface area contributed by atoms with Gasteiger partial charge in [0.15, 0.2) is 0 Å². The molecule has 0 aromatic carbocycles. The second kappa shape index (κ2) is 7.00. The minimum absolute atomic E-state index is 0.0722. The van der Waals surface area contributed by atoms with Crippen molar-refractivity contribution < 1.29 is 9.90 Å². The van der Waals surface area contributed by atoms with Crippen molar-refractivity contribution in [2.45, 2.75) is 70.8 Å². The smallest absolute Gasteiger partial charge is 0.220 e. The van der Waals surface area contributed by atoms with E-state index in [1.54, 1.807) is 13.8 Å². The molecule has 2 N–H and O–H groups in total. The monoisotopic (exact) mass is 241 g/mol. The highest BCUT2D eigenvalue weighted by Gasteiger charge is 2.15. The van der Waals surface area contributed by atoms with Crippen molar-refractivity contribution in [3.63, 3.8) is 0 Å². The Morgan fingerprint density at radius 3 is 2.53 bits per heavy atom. The van der Waals surface area contributed by atoms with Gasteiger partial charge in [-0.15, -0.1) is 0 Å². The normalized spacial score (nSPS) is 18.1. The van der Waals surface area contributed by atoms with Gasteiger partial charge in [0.25, 0.3) is 0 Å². The lowest BCUT2D eigenvalue weighted by Crippen LogP contribution is -2.38. The third kappa shape index (κ3) is 7.37. The topological polar surface area (TPSA) is 49.3 Å². The quantitative estimate of drug-likeness (QED) is 0.751. The lowest BCUT2D eigenvalue weighted by atomic mass is 9.86. The minimum Gasteiger partial charge on any atom is -0.389 e. The highest BCUT2D eigenvalue weighted by Crippen LogP contribution is 2.27. The fourth-order valence-electron chi connectivity index (χ4n) is 2.43. The Kier molecular flexibility index (Phi) is 5.96. The second-order valence-corrected chi connectivity index (χ2v) is 5.99. The first-order chi connectivity index (χ1) is 7.97. The molecule has 0 spiro atoms. The number of hydrogen-bond acceptors (Lipinski definition) is 2. The van der Waals surface area contributed by atoms with E-state index in [9.17, 15) is 9.90 Å². The molecule has 0 saturated heterocycles. The van der Waals surface area contributed by atoms with Crippen LogP contribution >= 0.6 is 0 Å². The zero-order chi connectivity index (χ0) is 12.7. The Balaban J connectivity index is 2.03. The lowest BCUT2D eigenvalue weighted by molar-refractivity contribution is -0.122. The van der Waals surface area contributed by atoms with Gasteiger partial charge in [0.2, 0.25) is 5.91 Å². The Bertz CT molecular complexity index is 227. The van der Waals surface area contributed by atoms with Crippen LogP contribution in [0.4, 0.5) is 0 Å². The molecule has 0 atom stereocenters. The van der Waals surface area contributed by atoms with Gasteiger partial charge in [-0.3, -0.25) is 4.79 Å². The first-order valence-corrected chi connectivity index (χ1v) is 6.96. The number of nitrogens with one attached hydrogen (secondary N) is 1. The van der Waals surface area contributed by atoms with Crippen molar-refractivity contribution in [3.8, 4) is 0 Å². The van der Waals surface area contributed by atoms with Gasteiger partial charge in [-0.05, 0) is 32.6 Å². The average Bonchev–Trinajstić information content (AvgIpc) is 2.27. The van der Waals surface area contributed by atoms with Crippen LogP contribution in [-0.4, -0.2) is 23.2 Å². The molecular weight excluding hydrogens is 214 g/mol. The van der Waals surface area contributed by atoms with Gasteiger partial charge in [0.1, 0.15) is 0 Å². The number of aliphatic hydroxyl groups is 1. The van der Waals surface area contributed by atoms with Crippen molar-refractivity contribution in [2.75, 3.05) is 6.54 Å². The third-order valence-corrected chi connectivity index (χ3v) is 3.46. The molecule has 0 radical (unpaired) electrons. The maximum Gasteiger partial charge on any atom is 0.220 e. The van der Waals surface area contributed by atoms with Crippen molar-refractivity contribution >= 4 is 5.91 Å². The summed E-state index contributed by atoms with van der Waals surface area (Å²) in [7, 11) is 0. The summed E-state index contributed by atoms with van der Waals surface area (Å²) in [6, 6.07) is 0. The molecule has 1 fully saturated rings. The van der Waals surface area contributed by atoms with Gasteiger partial charge < -0.3 is 10.4 Å². The fraction of sp³-hybridized carbons (Fsp3) is 0.929. The van der Waals surface area contributed by atoms with Crippen LogP contribution in [0.2, 0.25) is 0 Å². The van der Waals surface area contributed by atoms with Crippen molar-refractivity contribution in [3.05, 3.63) is 0 Å². The third-order valence-electron chi connectivity index (χ3n) is 3.46. The largest absolute Gasteiger partial charge is 0.389 e. The molecule has 3 nitrogen and oxygen atoms in total. The molecule has 0 aromatic heterocycles. The van der Waals surface area contributed by atoms with Crippen LogP contribution in [0.1, 0.15) is 65.2 Å². The number of rotatable bonds is 6. The second-order valence-electron chi connectivity index (χ2n) is 5.99. The summed E-state index contributed by atoms with van der Waals surface area (Å²) in [5.41, 5.74) is -0.807. The summed E-state index contributed by atoms with van der Waals surface area (Å²) in [4.78, 5) is 11.5. The summed E-state index contributed by atoms with van der Waals surface area (Å²) < 4.78 is 0.